The fraction of sp³-hybridized carbons (Fsp3) is 0. The van der Waals surface area contributed by atoms with Crippen LogP contribution in [0.2, 0.25) is 0 Å². The molecule has 4 nitrogen and oxygen atoms in total. The summed E-state index contributed by atoms with van der Waals surface area (Å²) >= 11 is 0. The number of ether oxygens (including phenoxy) is 2. The van der Waals surface area contributed by atoms with E-state index < -0.39 is 0 Å². The fourth-order valence-electron chi connectivity index (χ4n) is 1.63. The second kappa shape index (κ2) is 6.63. The van der Waals surface area contributed by atoms with Crippen molar-refractivity contribution in [2.24, 2.45) is 0 Å². The van der Waals surface area contributed by atoms with Crippen LogP contribution in [0.15, 0.2) is 48.5 Å². The van der Waals surface area contributed by atoms with Crippen molar-refractivity contribution in [2.45, 2.75) is 0 Å². The van der Waals surface area contributed by atoms with Gasteiger partial charge in [0.25, 0.3) is 12.5 Å². The van der Waals surface area contributed by atoms with Crippen LogP contribution in [0.4, 0.5) is 0 Å². The van der Waals surface area contributed by atoms with Crippen molar-refractivity contribution in [3.05, 3.63) is 59.7 Å². The van der Waals surface area contributed by atoms with Crippen LogP contribution in [0.1, 0.15) is 11.1 Å². The van der Waals surface area contributed by atoms with Crippen LogP contribution >= 0.6 is 0 Å². The van der Waals surface area contributed by atoms with Gasteiger partial charge in [0, 0.05) is 0 Å². The Hall–Kier alpha value is -3.24. The van der Waals surface area contributed by atoms with Gasteiger partial charge in [0.15, 0.2) is 0 Å². The number of nitrogens with zero attached hydrogens (tertiary/aromatic N) is 2. The molecular formula is C16H10N2O2. The highest BCUT2D eigenvalue weighted by Gasteiger charge is 1.95. The SMILES string of the molecule is N#COc1ccc(C=Cc2cccc(OC#N)c2)cc1. The molecule has 0 aliphatic rings. The Morgan fingerprint density at radius 3 is 2.10 bits per heavy atom. The summed E-state index contributed by atoms with van der Waals surface area (Å²) in [5, 5.41) is 16.9. The zero-order chi connectivity index (χ0) is 14.2. The molecule has 0 heterocycles. The second-order valence-electron chi connectivity index (χ2n) is 3.86. The van der Waals surface area contributed by atoms with Crippen molar-refractivity contribution in [1.82, 2.24) is 0 Å². The molecule has 4 heteroatoms. The lowest BCUT2D eigenvalue weighted by Gasteiger charge is -1.99. The van der Waals surface area contributed by atoms with E-state index in [0.29, 0.717) is 11.5 Å². The van der Waals surface area contributed by atoms with Crippen LogP contribution in [-0.2, 0) is 0 Å². The summed E-state index contributed by atoms with van der Waals surface area (Å²) in [7, 11) is 0. The van der Waals surface area contributed by atoms with E-state index in [1.165, 1.54) is 0 Å². The topological polar surface area (TPSA) is 66.0 Å². The largest absolute Gasteiger partial charge is 0.388 e. The van der Waals surface area contributed by atoms with Gasteiger partial charge < -0.3 is 9.47 Å². The van der Waals surface area contributed by atoms with E-state index in [-0.39, 0.29) is 0 Å². The van der Waals surface area contributed by atoms with Crippen LogP contribution in [-0.4, -0.2) is 0 Å². The lowest BCUT2D eigenvalue weighted by Crippen LogP contribution is -1.82. The molecule has 0 radical (unpaired) electrons. The van der Waals surface area contributed by atoms with E-state index in [2.05, 4.69) is 0 Å². The summed E-state index contributed by atoms with van der Waals surface area (Å²) in [5.74, 6) is 1.02. The lowest BCUT2D eigenvalue weighted by molar-refractivity contribution is 0.507. The number of benzene rings is 2. The summed E-state index contributed by atoms with van der Waals surface area (Å²) in [6.45, 7) is 0. The molecule has 2 aromatic rings. The quantitative estimate of drug-likeness (QED) is 0.624. The van der Waals surface area contributed by atoms with Gasteiger partial charge in [-0.2, -0.15) is 0 Å². The molecule has 20 heavy (non-hydrogen) atoms. The van der Waals surface area contributed by atoms with Crippen molar-refractivity contribution in [2.75, 3.05) is 0 Å². The Balaban J connectivity index is 2.11. The van der Waals surface area contributed by atoms with Crippen molar-refractivity contribution in [3.8, 4) is 24.0 Å². The Kier molecular flexibility index (Phi) is 4.37. The zero-order valence-electron chi connectivity index (χ0n) is 10.5. The van der Waals surface area contributed by atoms with Crippen LogP contribution in [0, 0.1) is 23.0 Å². The first-order valence-corrected chi connectivity index (χ1v) is 5.82. The molecule has 0 saturated heterocycles. The van der Waals surface area contributed by atoms with Crippen molar-refractivity contribution >= 4 is 12.2 Å². The molecule has 0 amide bonds. The van der Waals surface area contributed by atoms with Gasteiger partial charge in [0.2, 0.25) is 0 Å². The summed E-state index contributed by atoms with van der Waals surface area (Å²) in [5.41, 5.74) is 1.90. The maximum absolute atomic E-state index is 8.46. The first-order valence-electron chi connectivity index (χ1n) is 5.82. The maximum Gasteiger partial charge on any atom is 0.292 e. The third-order valence-corrected chi connectivity index (χ3v) is 2.53. The summed E-state index contributed by atoms with van der Waals surface area (Å²) in [4.78, 5) is 0. The third-order valence-electron chi connectivity index (χ3n) is 2.53. The highest BCUT2D eigenvalue weighted by atomic mass is 16.5. The molecule has 2 aromatic carbocycles. The zero-order valence-corrected chi connectivity index (χ0v) is 10.5. The maximum atomic E-state index is 8.46. The summed E-state index contributed by atoms with van der Waals surface area (Å²) in [6, 6.07) is 14.3. The Bertz CT molecular complexity index is 692. The molecule has 0 aromatic heterocycles. The normalized spacial score (nSPS) is 9.70. The Morgan fingerprint density at radius 2 is 1.40 bits per heavy atom. The summed E-state index contributed by atoms with van der Waals surface area (Å²) in [6.07, 6.45) is 7.09. The van der Waals surface area contributed by atoms with Crippen LogP contribution in [0.25, 0.3) is 12.2 Å². The second-order valence-corrected chi connectivity index (χ2v) is 3.86. The Labute approximate surface area is 116 Å². The van der Waals surface area contributed by atoms with Gasteiger partial charge in [-0.25, -0.2) is 0 Å². The predicted octanol–water partition coefficient (Wildman–Crippen LogP) is 3.58. The standard InChI is InChI=1S/C16H10N2O2/c17-11-19-15-8-6-13(7-9-15)4-5-14-2-1-3-16(10-14)20-12-18/h1-10H. The van der Waals surface area contributed by atoms with Crippen molar-refractivity contribution in [1.29, 1.82) is 10.5 Å². The van der Waals surface area contributed by atoms with E-state index in [1.807, 2.05) is 36.4 Å². The smallest absolute Gasteiger partial charge is 0.292 e. The van der Waals surface area contributed by atoms with E-state index in [1.54, 1.807) is 36.8 Å². The average Bonchev–Trinajstić information content (AvgIpc) is 2.48. The molecule has 0 N–H and O–H groups in total. The van der Waals surface area contributed by atoms with E-state index in [4.69, 9.17) is 20.0 Å². The molecule has 0 saturated carbocycles. The number of rotatable bonds is 4. The van der Waals surface area contributed by atoms with Crippen LogP contribution in [0.3, 0.4) is 0 Å². The van der Waals surface area contributed by atoms with Gasteiger partial charge in [-0.05, 0) is 35.4 Å². The third kappa shape index (κ3) is 3.63. The molecule has 0 bridgehead atoms. The van der Waals surface area contributed by atoms with Crippen molar-refractivity contribution < 1.29 is 9.47 Å². The molecule has 0 atom stereocenters. The number of hydrogen-bond acceptors (Lipinski definition) is 4. The molecule has 0 spiro atoms. The minimum atomic E-state index is 0.507. The van der Waals surface area contributed by atoms with Gasteiger partial charge in [-0.1, -0.05) is 36.4 Å². The lowest BCUT2D eigenvalue weighted by atomic mass is 10.1. The highest BCUT2D eigenvalue weighted by molar-refractivity contribution is 5.70. The fourth-order valence-corrected chi connectivity index (χ4v) is 1.63. The minimum absolute atomic E-state index is 0.507. The van der Waals surface area contributed by atoms with Gasteiger partial charge in [0.05, 0.1) is 0 Å². The van der Waals surface area contributed by atoms with E-state index >= 15 is 0 Å². The molecule has 96 valence electrons. The molecule has 2 rings (SSSR count). The van der Waals surface area contributed by atoms with Gasteiger partial charge in [-0.15, -0.1) is 10.5 Å². The molecule has 0 aliphatic carbocycles. The molecule has 0 fully saturated rings. The number of nitriles is 2. The first-order chi connectivity index (χ1) is 9.81. The monoisotopic (exact) mass is 262 g/mol. The van der Waals surface area contributed by atoms with E-state index in [9.17, 15) is 0 Å². The minimum Gasteiger partial charge on any atom is -0.388 e. The van der Waals surface area contributed by atoms with Gasteiger partial charge in [0.1, 0.15) is 11.5 Å². The highest BCUT2D eigenvalue weighted by Crippen LogP contribution is 2.17. The van der Waals surface area contributed by atoms with Crippen molar-refractivity contribution in [3.63, 3.8) is 0 Å². The molecule has 0 aliphatic heterocycles. The number of hydrogen-bond donors (Lipinski definition) is 0. The molecular weight excluding hydrogens is 252 g/mol. The van der Waals surface area contributed by atoms with Gasteiger partial charge in [-0.3, -0.25) is 0 Å². The summed E-state index contributed by atoms with van der Waals surface area (Å²) < 4.78 is 9.47. The van der Waals surface area contributed by atoms with Crippen LogP contribution in [0.5, 0.6) is 11.5 Å². The predicted molar refractivity (Wildman–Crippen MR) is 74.3 cm³/mol. The first kappa shape index (κ1) is 13.2. The van der Waals surface area contributed by atoms with Gasteiger partial charge >= 0.3 is 0 Å². The molecule has 0 unspecified atom stereocenters. The Morgan fingerprint density at radius 1 is 0.750 bits per heavy atom. The van der Waals surface area contributed by atoms with Crippen LogP contribution < -0.4 is 9.47 Å². The van der Waals surface area contributed by atoms with E-state index in [0.717, 1.165) is 11.1 Å². The average molecular weight is 262 g/mol.